The highest BCUT2D eigenvalue weighted by Crippen LogP contribution is 2.35. The molecule has 5 heteroatoms. The Morgan fingerprint density at radius 3 is 2.52 bits per heavy atom. The van der Waals surface area contributed by atoms with E-state index in [0.717, 1.165) is 16.3 Å². The number of anilines is 2. The molecular weight excluding hydrogens is 316 g/mol. The topological polar surface area (TPSA) is 66.8 Å². The van der Waals surface area contributed by atoms with Gasteiger partial charge in [-0.05, 0) is 42.7 Å². The zero-order valence-electron chi connectivity index (χ0n) is 14.4. The van der Waals surface area contributed by atoms with E-state index in [4.69, 9.17) is 0 Å². The molecule has 25 heavy (non-hydrogen) atoms. The van der Waals surface area contributed by atoms with Crippen LogP contribution in [-0.4, -0.2) is 24.2 Å². The first kappa shape index (κ1) is 17.0. The summed E-state index contributed by atoms with van der Waals surface area (Å²) in [5.74, 6) is -0.661. The van der Waals surface area contributed by atoms with Gasteiger partial charge in [-0.1, -0.05) is 43.0 Å². The maximum atomic E-state index is 13.0. The molecule has 5 nitrogen and oxygen atoms in total. The molecule has 0 fully saturated rings. The largest absolute Gasteiger partial charge is 0.872 e. The summed E-state index contributed by atoms with van der Waals surface area (Å²) in [6.45, 7) is 4.14. The van der Waals surface area contributed by atoms with Crippen LogP contribution in [0.5, 0.6) is 0 Å². The summed E-state index contributed by atoms with van der Waals surface area (Å²) in [6.07, 6.45) is 0.653. The molecule has 2 aromatic rings. The predicted octanol–water partition coefficient (Wildman–Crippen LogP) is 2.58. The lowest BCUT2D eigenvalue weighted by Crippen LogP contribution is -2.40. The van der Waals surface area contributed by atoms with Crippen LogP contribution in [0.3, 0.4) is 0 Å². The zero-order valence-corrected chi connectivity index (χ0v) is 14.4. The molecule has 0 saturated carbocycles. The minimum atomic E-state index is -0.366. The minimum absolute atomic E-state index is 0.0848. The summed E-state index contributed by atoms with van der Waals surface area (Å²) in [5, 5.41) is 24.3. The molecule has 3 rings (SSSR count). The van der Waals surface area contributed by atoms with E-state index in [-0.39, 0.29) is 23.8 Å². The average Bonchev–Trinajstić information content (AvgIpc) is 2.65. The van der Waals surface area contributed by atoms with Crippen LogP contribution < -0.4 is 15.1 Å². The number of fused-ring (bicyclic) bond motifs is 1. The molecule has 1 heterocycles. The Bertz CT molecular complexity index is 815. The van der Waals surface area contributed by atoms with E-state index in [2.05, 4.69) is 0 Å². The molecule has 1 amide bonds. The molecule has 1 N–H and O–H groups in total. The van der Waals surface area contributed by atoms with E-state index in [1.807, 2.05) is 56.3 Å². The van der Waals surface area contributed by atoms with Crippen molar-refractivity contribution in [3.8, 4) is 0 Å². The van der Waals surface area contributed by atoms with Crippen LogP contribution >= 0.6 is 0 Å². The van der Waals surface area contributed by atoms with Gasteiger partial charge in [-0.25, -0.2) is 0 Å². The quantitative estimate of drug-likeness (QED) is 0.931. The fourth-order valence-corrected chi connectivity index (χ4v) is 3.20. The minimum Gasteiger partial charge on any atom is -0.872 e. The summed E-state index contributed by atoms with van der Waals surface area (Å²) in [7, 11) is 0. The van der Waals surface area contributed by atoms with E-state index < -0.39 is 0 Å². The van der Waals surface area contributed by atoms with Crippen molar-refractivity contribution in [2.24, 2.45) is 0 Å². The van der Waals surface area contributed by atoms with Gasteiger partial charge in [0.15, 0.2) is 0 Å². The zero-order chi connectivity index (χ0) is 18.0. The van der Waals surface area contributed by atoms with Crippen molar-refractivity contribution in [1.82, 2.24) is 0 Å². The Kier molecular flexibility index (Phi) is 4.76. The molecular formula is C20H21N2O3-. The fourth-order valence-electron chi connectivity index (χ4n) is 3.20. The molecule has 1 aliphatic heterocycles. The van der Waals surface area contributed by atoms with Crippen LogP contribution in [0.25, 0.3) is 5.76 Å². The van der Waals surface area contributed by atoms with Crippen molar-refractivity contribution >= 4 is 23.0 Å². The van der Waals surface area contributed by atoms with Crippen molar-refractivity contribution in [3.05, 3.63) is 65.2 Å². The lowest BCUT2D eigenvalue weighted by atomic mass is 9.94. The fraction of sp³-hybridized carbons (Fsp3) is 0.250. The Morgan fingerprint density at radius 2 is 1.88 bits per heavy atom. The van der Waals surface area contributed by atoms with E-state index in [1.165, 1.54) is 0 Å². The molecule has 0 aromatic heterocycles. The van der Waals surface area contributed by atoms with Gasteiger partial charge in [0.1, 0.15) is 0 Å². The second-order valence-electron chi connectivity index (χ2n) is 5.92. The first-order valence-corrected chi connectivity index (χ1v) is 8.44. The van der Waals surface area contributed by atoms with Crippen LogP contribution in [0, 0.1) is 0 Å². The number of carbonyl (C=O) groups excluding carboxylic acids is 1. The van der Waals surface area contributed by atoms with Gasteiger partial charge in [0.05, 0.1) is 12.2 Å². The second kappa shape index (κ2) is 6.99. The average molecular weight is 337 g/mol. The molecule has 0 radical (unpaired) electrons. The van der Waals surface area contributed by atoms with Gasteiger partial charge in [-0.3, -0.25) is 15.1 Å². The Hall–Kier alpha value is -2.79. The van der Waals surface area contributed by atoms with Crippen LogP contribution in [0.1, 0.15) is 25.0 Å². The molecule has 0 unspecified atom stereocenters. The number of para-hydroxylation sites is 1. The second-order valence-corrected chi connectivity index (χ2v) is 5.92. The normalized spacial score (nSPS) is 13.6. The molecule has 0 saturated heterocycles. The van der Waals surface area contributed by atoms with E-state index in [0.29, 0.717) is 24.2 Å². The smallest absolute Gasteiger partial charge is 0.255 e. The van der Waals surface area contributed by atoms with Crippen molar-refractivity contribution < 1.29 is 15.1 Å². The molecule has 0 atom stereocenters. The Balaban J connectivity index is 2.08. The van der Waals surface area contributed by atoms with Gasteiger partial charge in [0.2, 0.25) is 0 Å². The van der Waals surface area contributed by atoms with Gasteiger partial charge in [0.25, 0.3) is 5.91 Å². The molecule has 2 aromatic carbocycles. The molecule has 1 aliphatic rings. The summed E-state index contributed by atoms with van der Waals surface area (Å²) in [6, 6.07) is 14.6. The van der Waals surface area contributed by atoms with Crippen molar-refractivity contribution in [1.29, 1.82) is 0 Å². The highest BCUT2D eigenvalue weighted by atomic mass is 16.5. The number of likely N-dealkylation sites (N-methyl/N-ethyl adjacent to an activating group) is 1. The highest BCUT2D eigenvalue weighted by Gasteiger charge is 2.27. The van der Waals surface area contributed by atoms with Gasteiger partial charge in [0, 0.05) is 17.8 Å². The van der Waals surface area contributed by atoms with Crippen molar-refractivity contribution in [2.45, 2.75) is 20.3 Å². The number of carbonyl (C=O) groups is 1. The summed E-state index contributed by atoms with van der Waals surface area (Å²) >= 11 is 0. The number of aryl methyl sites for hydroxylation is 1. The number of hydroxylamine groups is 1. The number of amides is 1. The molecule has 0 aliphatic carbocycles. The molecule has 0 bridgehead atoms. The number of hydrogen-bond acceptors (Lipinski definition) is 4. The van der Waals surface area contributed by atoms with Crippen LogP contribution in [-0.2, 0) is 11.2 Å². The monoisotopic (exact) mass is 337 g/mol. The maximum absolute atomic E-state index is 13.0. The van der Waals surface area contributed by atoms with Crippen molar-refractivity contribution in [2.75, 3.05) is 23.1 Å². The third-order valence-electron chi connectivity index (χ3n) is 4.48. The lowest BCUT2D eigenvalue weighted by Gasteiger charge is -2.35. The number of nitrogens with zero attached hydrogens (tertiary/aromatic N) is 2. The highest BCUT2D eigenvalue weighted by molar-refractivity contribution is 6.11. The summed E-state index contributed by atoms with van der Waals surface area (Å²) in [5.41, 5.74) is 2.53. The van der Waals surface area contributed by atoms with E-state index in [1.54, 1.807) is 11.0 Å². The van der Waals surface area contributed by atoms with E-state index >= 15 is 0 Å². The third kappa shape index (κ3) is 2.98. The van der Waals surface area contributed by atoms with Crippen LogP contribution in [0.4, 0.5) is 11.4 Å². The third-order valence-corrected chi connectivity index (χ3v) is 4.48. The number of hydrogen-bond donors (Lipinski definition) is 1. The first-order chi connectivity index (χ1) is 12.1. The maximum Gasteiger partial charge on any atom is 0.255 e. The molecule has 0 spiro atoms. The van der Waals surface area contributed by atoms with Gasteiger partial charge >= 0.3 is 0 Å². The Morgan fingerprint density at radius 1 is 1.16 bits per heavy atom. The Labute approximate surface area is 147 Å². The van der Waals surface area contributed by atoms with Gasteiger partial charge in [-0.2, -0.15) is 0 Å². The van der Waals surface area contributed by atoms with Crippen LogP contribution in [0.2, 0.25) is 0 Å². The van der Waals surface area contributed by atoms with E-state index in [9.17, 15) is 15.1 Å². The number of benzene rings is 2. The number of rotatable bonds is 4. The van der Waals surface area contributed by atoms with Gasteiger partial charge < -0.3 is 10.0 Å². The summed E-state index contributed by atoms with van der Waals surface area (Å²) in [4.78, 5) is 14.6. The SMILES string of the molecule is CCc1cccc2c1C([O-])=C(C(=O)N(CC)c1ccccc1)CN2O. The summed E-state index contributed by atoms with van der Waals surface area (Å²) < 4.78 is 0. The van der Waals surface area contributed by atoms with Crippen molar-refractivity contribution in [3.63, 3.8) is 0 Å². The van der Waals surface area contributed by atoms with Gasteiger partial charge in [-0.15, -0.1) is 0 Å². The molecule has 130 valence electrons. The lowest BCUT2D eigenvalue weighted by molar-refractivity contribution is -0.245. The predicted molar refractivity (Wildman–Crippen MR) is 96.3 cm³/mol. The standard InChI is InChI=1S/C20H22N2O3/c1-3-14-9-8-12-17-18(14)19(23)16(13-22(17)25)20(24)21(4-2)15-10-6-5-7-11-15/h5-12,23,25H,3-4,13H2,1-2H3/p-1. The van der Waals surface area contributed by atoms with Crippen LogP contribution in [0.15, 0.2) is 54.1 Å². The first-order valence-electron chi connectivity index (χ1n) is 8.44.